The first-order valence-corrected chi connectivity index (χ1v) is 2.50. The maximum absolute atomic E-state index is 10.5. The molecule has 0 atom stereocenters. The highest BCUT2D eigenvalue weighted by molar-refractivity contribution is 5.73. The van der Waals surface area contributed by atoms with E-state index >= 15 is 0 Å². The van der Waals surface area contributed by atoms with E-state index in [-0.39, 0.29) is 0 Å². The minimum Gasteiger partial charge on any atom is -0.381 e. The molecule has 0 aliphatic rings. The predicted octanol–water partition coefficient (Wildman–Crippen LogP) is -0.906. The molecule has 10 heavy (non-hydrogen) atoms. The van der Waals surface area contributed by atoms with E-state index in [0.29, 0.717) is 0 Å². The lowest BCUT2D eigenvalue weighted by molar-refractivity contribution is -0.132. The van der Waals surface area contributed by atoms with Gasteiger partial charge in [-0.25, -0.2) is 0 Å². The maximum Gasteiger partial charge on any atom is 0.152 e. The highest BCUT2D eigenvalue weighted by Crippen LogP contribution is 2.07. The number of aldehydes is 3. The number of carbonyl (C=O) groups excluding carboxylic acids is 3. The molecule has 0 heterocycles. The molecule has 0 rings (SSSR count). The second-order valence-electron chi connectivity index (χ2n) is 1.78. The van der Waals surface area contributed by atoms with Crippen LogP contribution in [-0.2, 0) is 14.4 Å². The number of hydrogen-bond donors (Lipinski definition) is 1. The van der Waals surface area contributed by atoms with Crippen LogP contribution < -0.4 is 0 Å². The summed E-state index contributed by atoms with van der Waals surface area (Å²) in [6, 6.07) is 0. The van der Waals surface area contributed by atoms with E-state index in [9.17, 15) is 19.5 Å². The molecule has 0 unspecified atom stereocenters. The Morgan fingerprint density at radius 3 is 1.90 bits per heavy atom. The smallest absolute Gasteiger partial charge is 0.152 e. The van der Waals surface area contributed by atoms with Crippen LogP contribution in [0, 0.1) is 0 Å². The molecule has 0 bridgehead atoms. The number of hydrogen-bond acceptors (Lipinski definition) is 4. The van der Waals surface area contributed by atoms with Gasteiger partial charge in [-0.1, -0.05) is 0 Å². The Kier molecular flexibility index (Phi) is 1.84. The van der Waals surface area contributed by atoms with Crippen molar-refractivity contribution in [1.29, 1.82) is 0 Å². The fraction of sp³-hybridized carbons (Fsp3) is 0.500. The molecule has 0 aliphatic carbocycles. The van der Waals surface area contributed by atoms with Crippen LogP contribution >= 0.6 is 0 Å². The van der Waals surface area contributed by atoms with Crippen molar-refractivity contribution in [2.45, 2.75) is 18.4 Å². The molecule has 4 heteroatoms. The highest BCUT2D eigenvalue weighted by Gasteiger charge is 2.24. The first-order valence-electron chi connectivity index (χ1n) is 4.00. The summed E-state index contributed by atoms with van der Waals surface area (Å²) in [5, 5.41) is 9.21. The second-order valence-corrected chi connectivity index (χ2v) is 1.78. The summed E-state index contributed by atoms with van der Waals surface area (Å²) in [7, 11) is 0. The normalized spacial score (nSPS) is 14.7. The molecular formula is C6H8O4. The van der Waals surface area contributed by atoms with Crippen LogP contribution in [0.1, 0.15) is 17.0 Å². The van der Waals surface area contributed by atoms with Gasteiger partial charge in [-0.2, -0.15) is 0 Å². The van der Waals surface area contributed by atoms with Gasteiger partial charge in [-0.15, -0.1) is 0 Å². The van der Waals surface area contributed by atoms with E-state index in [1.54, 1.807) is 0 Å². The molecule has 0 aromatic carbocycles. The van der Waals surface area contributed by atoms with Gasteiger partial charge < -0.3 is 19.5 Å². The average Bonchev–Trinajstić information content (AvgIpc) is 1.82. The lowest BCUT2D eigenvalue weighted by Gasteiger charge is -2.13. The van der Waals surface area contributed by atoms with Crippen molar-refractivity contribution in [3.05, 3.63) is 0 Å². The largest absolute Gasteiger partial charge is 0.381 e. The zero-order chi connectivity index (χ0) is 10.6. The van der Waals surface area contributed by atoms with Crippen LogP contribution in [0.4, 0.5) is 0 Å². The maximum atomic E-state index is 10.5. The fourth-order valence-corrected chi connectivity index (χ4v) is 0.373. The monoisotopic (exact) mass is 147 g/mol. The van der Waals surface area contributed by atoms with E-state index in [2.05, 4.69) is 0 Å². The molecule has 0 aromatic heterocycles. The zero-order valence-electron chi connectivity index (χ0n) is 8.09. The summed E-state index contributed by atoms with van der Waals surface area (Å²) in [6.07, 6.45) is -5.91. The molecule has 0 radical (unpaired) electrons. The van der Waals surface area contributed by atoms with Crippen molar-refractivity contribution in [3.8, 4) is 0 Å². The summed E-state index contributed by atoms with van der Waals surface area (Å²) in [6.45, 7) is 0. The van der Waals surface area contributed by atoms with Crippen LogP contribution in [0.15, 0.2) is 0 Å². The third-order valence-corrected chi connectivity index (χ3v) is 0.919. The van der Waals surface area contributed by atoms with Crippen molar-refractivity contribution in [3.63, 3.8) is 0 Å². The van der Waals surface area contributed by atoms with E-state index < -0.39 is 37.2 Å². The van der Waals surface area contributed by atoms with Gasteiger partial charge in [0.05, 0.1) is 0 Å². The van der Waals surface area contributed by atoms with Gasteiger partial charge in [0.1, 0.15) is 22.2 Å². The van der Waals surface area contributed by atoms with Gasteiger partial charge in [0.25, 0.3) is 0 Å². The Morgan fingerprint density at radius 2 is 1.70 bits per heavy atom. The Hall–Kier alpha value is -1.03. The molecule has 4 nitrogen and oxygen atoms in total. The van der Waals surface area contributed by atoms with Crippen molar-refractivity contribution in [2.75, 3.05) is 0 Å². The molecule has 1 N–H and O–H groups in total. The highest BCUT2D eigenvalue weighted by atomic mass is 16.3. The number of aliphatic hydroxyl groups is 1. The van der Waals surface area contributed by atoms with Crippen LogP contribution in [0.3, 0.4) is 0 Å². The number of rotatable bonds is 5. The molecule has 0 aliphatic heterocycles. The second kappa shape index (κ2) is 3.90. The van der Waals surface area contributed by atoms with Gasteiger partial charge in [-0.05, 0) is 0 Å². The minimum absolute atomic E-state index is 0.931. The molecule has 0 aromatic rings. The molecule has 0 spiro atoms. The standard InChI is InChI=1S/C6H8O4/c7-3-1-6(10,5-9)2-4-8/h3-5,10H,1-2H2/i3D,4D,5D. The first kappa shape index (κ1) is 4.73. The van der Waals surface area contributed by atoms with Gasteiger partial charge in [0.2, 0.25) is 0 Å². The Balaban J connectivity index is 4.62. The van der Waals surface area contributed by atoms with E-state index in [4.69, 9.17) is 4.11 Å². The quantitative estimate of drug-likeness (QED) is 0.511. The number of carbonyl (C=O) groups is 3. The Bertz CT molecular complexity index is 234. The van der Waals surface area contributed by atoms with Gasteiger partial charge in [-0.3, -0.25) is 0 Å². The first-order chi connectivity index (χ1) is 5.78. The van der Waals surface area contributed by atoms with E-state index in [0.717, 1.165) is 0 Å². The molecule has 0 fully saturated rings. The third-order valence-electron chi connectivity index (χ3n) is 0.919. The van der Waals surface area contributed by atoms with Gasteiger partial charge in [0, 0.05) is 12.8 Å². The zero-order valence-corrected chi connectivity index (χ0v) is 5.09. The van der Waals surface area contributed by atoms with Crippen LogP contribution in [0.5, 0.6) is 0 Å². The molecule has 0 saturated heterocycles. The fourth-order valence-electron chi connectivity index (χ4n) is 0.373. The molecular weight excluding hydrogens is 136 g/mol. The average molecular weight is 147 g/mol. The van der Waals surface area contributed by atoms with Crippen molar-refractivity contribution < 1.29 is 23.6 Å². The summed E-state index contributed by atoms with van der Waals surface area (Å²) in [5.74, 6) is 0. The SMILES string of the molecule is [2H]C(=O)CC(O)(CC([2H])=O)C([2H])=O. The van der Waals surface area contributed by atoms with Crippen LogP contribution in [0.2, 0.25) is 0 Å². The van der Waals surface area contributed by atoms with Gasteiger partial charge in [0.15, 0.2) is 6.26 Å². The minimum atomic E-state index is -2.50. The third kappa shape index (κ3) is 2.50. The lowest BCUT2D eigenvalue weighted by atomic mass is 10.00. The molecule has 0 saturated carbocycles. The van der Waals surface area contributed by atoms with E-state index in [1.807, 2.05) is 0 Å². The van der Waals surface area contributed by atoms with Crippen molar-refractivity contribution >= 4 is 18.8 Å². The molecule has 0 amide bonds. The Morgan fingerprint density at radius 1 is 1.30 bits per heavy atom. The summed E-state index contributed by atoms with van der Waals surface area (Å²) >= 11 is 0. The predicted molar refractivity (Wildman–Crippen MR) is 32.4 cm³/mol. The van der Waals surface area contributed by atoms with Gasteiger partial charge >= 0.3 is 0 Å². The van der Waals surface area contributed by atoms with E-state index in [1.165, 1.54) is 0 Å². The van der Waals surface area contributed by atoms with Crippen LogP contribution in [0.25, 0.3) is 0 Å². The van der Waals surface area contributed by atoms with Crippen molar-refractivity contribution in [2.24, 2.45) is 0 Å². The topological polar surface area (TPSA) is 71.4 Å². The van der Waals surface area contributed by atoms with Crippen molar-refractivity contribution in [1.82, 2.24) is 0 Å². The summed E-state index contributed by atoms with van der Waals surface area (Å²) < 4.78 is 19.5. The molecule has 56 valence electrons. The summed E-state index contributed by atoms with van der Waals surface area (Å²) in [4.78, 5) is 31.0. The lowest BCUT2D eigenvalue weighted by Crippen LogP contribution is -2.31. The van der Waals surface area contributed by atoms with Crippen LogP contribution in [-0.4, -0.2) is 29.5 Å². The Labute approximate surface area is 62.1 Å². The summed E-state index contributed by atoms with van der Waals surface area (Å²) in [5.41, 5.74) is -2.50.